The maximum absolute atomic E-state index is 13.0. The lowest BCUT2D eigenvalue weighted by atomic mass is 10.0. The van der Waals surface area contributed by atoms with Gasteiger partial charge in [0, 0.05) is 23.5 Å². The van der Waals surface area contributed by atoms with Gasteiger partial charge in [-0.25, -0.2) is 4.79 Å². The van der Waals surface area contributed by atoms with Gasteiger partial charge in [0.15, 0.2) is 5.43 Å². The molecule has 0 aliphatic carbocycles. The Morgan fingerprint density at radius 1 is 1.15 bits per heavy atom. The summed E-state index contributed by atoms with van der Waals surface area (Å²) in [5.41, 5.74) is 3.91. The van der Waals surface area contributed by atoms with Crippen LogP contribution in [-0.2, 0) is 0 Å². The molecule has 0 saturated heterocycles. The van der Waals surface area contributed by atoms with E-state index in [1.54, 1.807) is 53.5 Å². The Hall–Kier alpha value is -4.46. The summed E-state index contributed by atoms with van der Waals surface area (Å²) in [6.07, 6.45) is 3.29. The summed E-state index contributed by atoms with van der Waals surface area (Å²) < 4.78 is 7.78. The smallest absolute Gasteiger partial charge is 0.337 e. The van der Waals surface area contributed by atoms with Gasteiger partial charge in [0.2, 0.25) is 5.88 Å². The number of hydrogen-bond acceptors (Lipinski definition) is 6. The molecule has 2 N–H and O–H groups in total. The van der Waals surface area contributed by atoms with Crippen LogP contribution in [0.15, 0.2) is 76.2 Å². The average molecular weight is 440 g/mol. The number of fused-ring (bicyclic) bond motifs is 2. The number of para-hydroxylation sites is 1. The van der Waals surface area contributed by atoms with Crippen molar-refractivity contribution in [2.75, 3.05) is 5.32 Å². The van der Waals surface area contributed by atoms with Gasteiger partial charge in [0.25, 0.3) is 0 Å². The van der Waals surface area contributed by atoms with Crippen LogP contribution in [0.3, 0.4) is 0 Å². The Morgan fingerprint density at radius 3 is 2.79 bits per heavy atom. The molecule has 0 aliphatic heterocycles. The predicted octanol–water partition coefficient (Wildman–Crippen LogP) is 4.71. The van der Waals surface area contributed by atoms with Gasteiger partial charge in [-0.3, -0.25) is 9.78 Å². The number of nitrogens with one attached hydrogen (secondary N) is 1. The lowest BCUT2D eigenvalue weighted by molar-refractivity contribution is 0.0698. The summed E-state index contributed by atoms with van der Waals surface area (Å²) in [5, 5.41) is 17.6. The van der Waals surface area contributed by atoms with Crippen LogP contribution >= 0.6 is 0 Å². The summed E-state index contributed by atoms with van der Waals surface area (Å²) in [6, 6.07) is 15.1. The Kier molecular flexibility index (Phi) is 4.90. The molecule has 1 unspecified atom stereocenters. The lowest BCUT2D eigenvalue weighted by Gasteiger charge is -2.19. The second-order valence-corrected chi connectivity index (χ2v) is 7.86. The molecule has 0 saturated carbocycles. The van der Waals surface area contributed by atoms with Crippen LogP contribution in [0, 0.1) is 6.92 Å². The number of carboxylic acids is 1. The summed E-state index contributed by atoms with van der Waals surface area (Å²) in [4.78, 5) is 28.9. The fraction of sp³-hybridized carbons (Fsp3) is 0.120. The molecule has 33 heavy (non-hydrogen) atoms. The van der Waals surface area contributed by atoms with Crippen LogP contribution in [0.2, 0.25) is 0 Å². The van der Waals surface area contributed by atoms with E-state index in [4.69, 9.17) is 4.42 Å². The Morgan fingerprint density at radius 2 is 1.97 bits per heavy atom. The summed E-state index contributed by atoms with van der Waals surface area (Å²) >= 11 is 0. The molecule has 0 spiro atoms. The van der Waals surface area contributed by atoms with Crippen molar-refractivity contribution >= 4 is 33.7 Å². The molecule has 5 aromatic rings. The van der Waals surface area contributed by atoms with Gasteiger partial charge in [0.1, 0.15) is 11.1 Å². The quantitative estimate of drug-likeness (QED) is 0.407. The fourth-order valence-electron chi connectivity index (χ4n) is 3.99. The summed E-state index contributed by atoms with van der Waals surface area (Å²) in [6.45, 7) is 3.80. The second kappa shape index (κ2) is 7.90. The third kappa shape index (κ3) is 3.61. The van der Waals surface area contributed by atoms with Gasteiger partial charge in [-0.05, 0) is 49.7 Å². The third-order valence-electron chi connectivity index (χ3n) is 5.53. The van der Waals surface area contributed by atoms with Crippen LogP contribution in [-0.4, -0.2) is 25.8 Å². The van der Waals surface area contributed by atoms with Crippen LogP contribution in [0.5, 0.6) is 0 Å². The fourth-order valence-corrected chi connectivity index (χ4v) is 3.99. The topological polar surface area (TPSA) is 110 Å². The zero-order chi connectivity index (χ0) is 23.1. The summed E-state index contributed by atoms with van der Waals surface area (Å²) in [5.74, 6) is -0.744. The number of carbonyl (C=O) groups is 1. The van der Waals surface area contributed by atoms with E-state index >= 15 is 0 Å². The largest absolute Gasteiger partial charge is 0.478 e. The van der Waals surface area contributed by atoms with Crippen molar-refractivity contribution in [3.8, 4) is 5.88 Å². The van der Waals surface area contributed by atoms with Crippen LogP contribution in [0.25, 0.3) is 27.9 Å². The number of aryl methyl sites for hydroxylation is 1. The molecule has 1 atom stereocenters. The Balaban J connectivity index is 1.66. The van der Waals surface area contributed by atoms with Crippen LogP contribution < -0.4 is 10.7 Å². The minimum absolute atomic E-state index is 0.166. The molecule has 8 nitrogen and oxygen atoms in total. The van der Waals surface area contributed by atoms with E-state index < -0.39 is 5.97 Å². The first-order valence-electron chi connectivity index (χ1n) is 10.4. The van der Waals surface area contributed by atoms with E-state index in [0.29, 0.717) is 22.2 Å². The first-order valence-corrected chi connectivity index (χ1v) is 10.4. The van der Waals surface area contributed by atoms with E-state index in [-0.39, 0.29) is 22.9 Å². The molecular formula is C25H20N4O4. The standard InChI is InChI=1S/C25H20N4O4/c1-14-10-17(15(2)28-19-7-4-3-6-16(19)25(31)32)24-18(11-14)22(30)12-23(33-24)29-21-8-5-9-26-20(21)13-27-29/h3-13,15,28H,1-2H3,(H,31,32). The molecule has 5 rings (SSSR count). The number of anilines is 1. The average Bonchev–Trinajstić information content (AvgIpc) is 3.23. The van der Waals surface area contributed by atoms with Crippen molar-refractivity contribution in [3.05, 3.63) is 93.9 Å². The van der Waals surface area contributed by atoms with E-state index in [0.717, 1.165) is 16.6 Å². The van der Waals surface area contributed by atoms with Crippen molar-refractivity contribution in [1.82, 2.24) is 14.8 Å². The van der Waals surface area contributed by atoms with E-state index in [1.165, 1.54) is 6.07 Å². The van der Waals surface area contributed by atoms with E-state index in [1.807, 2.05) is 26.0 Å². The molecule has 3 heterocycles. The van der Waals surface area contributed by atoms with Crippen molar-refractivity contribution in [2.45, 2.75) is 19.9 Å². The highest BCUT2D eigenvalue weighted by molar-refractivity contribution is 5.94. The first-order chi connectivity index (χ1) is 15.9. The molecule has 3 aromatic heterocycles. The molecule has 0 amide bonds. The second-order valence-electron chi connectivity index (χ2n) is 7.86. The zero-order valence-corrected chi connectivity index (χ0v) is 17.9. The molecule has 8 heteroatoms. The van der Waals surface area contributed by atoms with Crippen molar-refractivity contribution in [1.29, 1.82) is 0 Å². The van der Waals surface area contributed by atoms with Gasteiger partial charge in [-0.2, -0.15) is 9.78 Å². The molecule has 2 aromatic carbocycles. The molecule has 164 valence electrons. The minimum atomic E-state index is -1.02. The Bertz CT molecular complexity index is 1590. The highest BCUT2D eigenvalue weighted by Crippen LogP contribution is 2.30. The van der Waals surface area contributed by atoms with Crippen molar-refractivity contribution in [3.63, 3.8) is 0 Å². The van der Waals surface area contributed by atoms with Gasteiger partial charge in [-0.15, -0.1) is 0 Å². The highest BCUT2D eigenvalue weighted by atomic mass is 16.4. The molecule has 0 aliphatic rings. The third-order valence-corrected chi connectivity index (χ3v) is 5.53. The van der Waals surface area contributed by atoms with E-state index in [9.17, 15) is 14.7 Å². The summed E-state index contributed by atoms with van der Waals surface area (Å²) in [7, 11) is 0. The molecule has 0 fully saturated rings. The number of hydrogen-bond donors (Lipinski definition) is 2. The zero-order valence-electron chi connectivity index (χ0n) is 17.9. The minimum Gasteiger partial charge on any atom is -0.478 e. The first kappa shape index (κ1) is 20.4. The molecule has 0 bridgehead atoms. The van der Waals surface area contributed by atoms with Gasteiger partial charge < -0.3 is 14.8 Å². The molecular weight excluding hydrogens is 420 g/mol. The number of rotatable bonds is 5. The van der Waals surface area contributed by atoms with Crippen molar-refractivity contribution in [2.24, 2.45) is 0 Å². The van der Waals surface area contributed by atoms with Crippen LogP contribution in [0.4, 0.5) is 5.69 Å². The number of aromatic nitrogens is 3. The Labute approximate surface area is 188 Å². The van der Waals surface area contributed by atoms with Crippen molar-refractivity contribution < 1.29 is 14.3 Å². The normalized spacial score (nSPS) is 12.2. The molecule has 0 radical (unpaired) electrons. The number of benzene rings is 2. The number of nitrogens with zero attached hydrogens (tertiary/aromatic N) is 3. The SMILES string of the molecule is Cc1cc(C(C)Nc2ccccc2C(=O)O)c2oc(-n3ncc4ncccc43)cc(=O)c2c1. The number of aromatic carboxylic acids is 1. The predicted molar refractivity (Wildman–Crippen MR) is 125 cm³/mol. The maximum Gasteiger partial charge on any atom is 0.337 e. The van der Waals surface area contributed by atoms with E-state index in [2.05, 4.69) is 15.4 Å². The number of pyridine rings is 1. The van der Waals surface area contributed by atoms with Gasteiger partial charge in [-0.1, -0.05) is 18.2 Å². The van der Waals surface area contributed by atoms with Crippen LogP contribution in [0.1, 0.15) is 34.5 Å². The van der Waals surface area contributed by atoms with Gasteiger partial charge >= 0.3 is 5.97 Å². The highest BCUT2D eigenvalue weighted by Gasteiger charge is 2.19. The lowest BCUT2D eigenvalue weighted by Crippen LogP contribution is -2.13. The maximum atomic E-state index is 13.0. The number of carboxylic acid groups (broad SMARTS) is 1. The van der Waals surface area contributed by atoms with Gasteiger partial charge in [0.05, 0.1) is 28.7 Å². The monoisotopic (exact) mass is 440 g/mol.